The van der Waals surface area contributed by atoms with E-state index in [-0.39, 0.29) is 33.6 Å². The predicted molar refractivity (Wildman–Crippen MR) is 117 cm³/mol. The summed E-state index contributed by atoms with van der Waals surface area (Å²) in [5.74, 6) is -2.17. The summed E-state index contributed by atoms with van der Waals surface area (Å²) in [6, 6.07) is 4.85. The molecular weight excluding hydrogens is 461 g/mol. The molecule has 1 amide bonds. The SMILES string of the molecule is CN(C(=O)OC(C)(C)C)n1c(Nc2c[nH]c3cc(F)c(F)cc23)nc2cc(C(F)(F)F)ccc21. The van der Waals surface area contributed by atoms with Crippen LogP contribution in [0.2, 0.25) is 0 Å². The van der Waals surface area contributed by atoms with Crippen LogP contribution in [0.15, 0.2) is 36.5 Å². The molecule has 34 heavy (non-hydrogen) atoms. The number of imidazole rings is 1. The summed E-state index contributed by atoms with van der Waals surface area (Å²) in [4.78, 5) is 19.7. The van der Waals surface area contributed by atoms with Crippen molar-refractivity contribution in [2.75, 3.05) is 17.4 Å². The Kier molecular flexibility index (Phi) is 5.41. The van der Waals surface area contributed by atoms with E-state index in [1.54, 1.807) is 20.8 Å². The van der Waals surface area contributed by atoms with Crippen LogP contribution in [0.3, 0.4) is 0 Å². The largest absolute Gasteiger partial charge is 0.442 e. The molecule has 2 aromatic heterocycles. The maximum atomic E-state index is 13.8. The minimum atomic E-state index is -4.60. The van der Waals surface area contributed by atoms with Gasteiger partial charge < -0.3 is 15.0 Å². The second-order valence-corrected chi connectivity index (χ2v) is 8.59. The molecule has 180 valence electrons. The zero-order chi connectivity index (χ0) is 25.0. The fourth-order valence-corrected chi connectivity index (χ4v) is 3.38. The standard InChI is InChI=1S/C22H20F5N5O2/c1-21(2,3)34-20(33)31(4)32-18-6-5-11(22(25,26)27)7-16(18)29-19(32)30-17-10-28-15-9-14(24)13(23)8-12(15)17/h5-10,28H,1-4H3,(H,29,30). The van der Waals surface area contributed by atoms with Crippen molar-refractivity contribution in [3.05, 3.63) is 53.7 Å². The monoisotopic (exact) mass is 481 g/mol. The number of hydrogen-bond acceptors (Lipinski definition) is 4. The van der Waals surface area contributed by atoms with Gasteiger partial charge in [-0.25, -0.2) is 28.2 Å². The molecule has 12 heteroatoms. The zero-order valence-electron chi connectivity index (χ0n) is 18.5. The van der Waals surface area contributed by atoms with E-state index in [9.17, 15) is 26.7 Å². The van der Waals surface area contributed by atoms with Crippen molar-refractivity contribution < 1.29 is 31.5 Å². The Morgan fingerprint density at radius 2 is 1.79 bits per heavy atom. The molecule has 0 saturated heterocycles. The van der Waals surface area contributed by atoms with E-state index < -0.39 is 35.1 Å². The van der Waals surface area contributed by atoms with Gasteiger partial charge in [-0.1, -0.05) is 0 Å². The number of hydrogen-bond donors (Lipinski definition) is 2. The molecule has 2 aromatic carbocycles. The Morgan fingerprint density at radius 1 is 1.12 bits per heavy atom. The third kappa shape index (κ3) is 4.35. The molecule has 4 aromatic rings. The van der Waals surface area contributed by atoms with E-state index in [0.717, 1.165) is 29.3 Å². The van der Waals surface area contributed by atoms with E-state index in [0.29, 0.717) is 0 Å². The molecule has 2 heterocycles. The number of nitrogens with zero attached hydrogens (tertiary/aromatic N) is 3. The fourth-order valence-electron chi connectivity index (χ4n) is 3.38. The maximum absolute atomic E-state index is 13.8. The van der Waals surface area contributed by atoms with Crippen molar-refractivity contribution in [1.82, 2.24) is 14.6 Å². The Balaban J connectivity index is 1.85. The topological polar surface area (TPSA) is 75.2 Å². The lowest BCUT2D eigenvalue weighted by atomic mass is 10.2. The van der Waals surface area contributed by atoms with Gasteiger partial charge in [0.05, 0.1) is 27.8 Å². The number of carbonyl (C=O) groups excluding carboxylic acids is 1. The van der Waals surface area contributed by atoms with E-state index in [4.69, 9.17) is 4.74 Å². The van der Waals surface area contributed by atoms with Gasteiger partial charge in [0.15, 0.2) is 11.6 Å². The number of carbonyl (C=O) groups is 1. The van der Waals surface area contributed by atoms with Crippen LogP contribution in [0.5, 0.6) is 0 Å². The predicted octanol–water partition coefficient (Wildman–Crippen LogP) is 6.06. The molecule has 0 saturated carbocycles. The zero-order valence-corrected chi connectivity index (χ0v) is 18.5. The van der Waals surface area contributed by atoms with Crippen molar-refractivity contribution in [2.24, 2.45) is 0 Å². The number of amides is 1. The lowest BCUT2D eigenvalue weighted by Crippen LogP contribution is -2.41. The number of H-pyrrole nitrogens is 1. The van der Waals surface area contributed by atoms with Crippen molar-refractivity contribution in [1.29, 1.82) is 0 Å². The highest BCUT2D eigenvalue weighted by Crippen LogP contribution is 2.34. The molecule has 0 aliphatic rings. The first-order valence-electron chi connectivity index (χ1n) is 10.0. The number of nitrogens with one attached hydrogen (secondary N) is 2. The number of alkyl halides is 3. The minimum absolute atomic E-state index is 0.0479. The van der Waals surface area contributed by atoms with E-state index in [1.165, 1.54) is 24.0 Å². The van der Waals surface area contributed by atoms with Crippen LogP contribution in [-0.2, 0) is 10.9 Å². The first kappa shape index (κ1) is 23.3. The van der Waals surface area contributed by atoms with Crippen molar-refractivity contribution in [3.8, 4) is 0 Å². The van der Waals surface area contributed by atoms with Crippen LogP contribution < -0.4 is 10.3 Å². The third-order valence-electron chi connectivity index (χ3n) is 4.88. The average Bonchev–Trinajstić information content (AvgIpc) is 3.26. The van der Waals surface area contributed by atoms with Crippen LogP contribution in [0.1, 0.15) is 26.3 Å². The highest BCUT2D eigenvalue weighted by atomic mass is 19.4. The van der Waals surface area contributed by atoms with Crippen LogP contribution in [0, 0.1) is 11.6 Å². The number of aromatic nitrogens is 3. The van der Waals surface area contributed by atoms with Crippen LogP contribution in [0.4, 0.5) is 38.4 Å². The van der Waals surface area contributed by atoms with Gasteiger partial charge in [0.2, 0.25) is 5.95 Å². The summed E-state index contributed by atoms with van der Waals surface area (Å²) in [6.07, 6.45) is -3.97. The Morgan fingerprint density at radius 3 is 2.44 bits per heavy atom. The number of aromatic amines is 1. The maximum Gasteiger partial charge on any atom is 0.429 e. The smallest absolute Gasteiger partial charge is 0.429 e. The van der Waals surface area contributed by atoms with E-state index in [1.807, 2.05) is 0 Å². The number of rotatable bonds is 3. The second-order valence-electron chi connectivity index (χ2n) is 8.59. The van der Waals surface area contributed by atoms with Gasteiger partial charge in [0, 0.05) is 24.7 Å². The van der Waals surface area contributed by atoms with Gasteiger partial charge in [-0.3, -0.25) is 0 Å². The lowest BCUT2D eigenvalue weighted by molar-refractivity contribution is -0.137. The molecule has 0 atom stereocenters. The molecular formula is C22H20F5N5O2. The minimum Gasteiger partial charge on any atom is -0.442 e. The number of benzene rings is 2. The van der Waals surface area contributed by atoms with Crippen LogP contribution in [-0.4, -0.2) is 33.4 Å². The van der Waals surface area contributed by atoms with E-state index in [2.05, 4.69) is 15.3 Å². The Hall–Kier alpha value is -3.83. The Labute approximate surface area is 190 Å². The summed E-state index contributed by atoms with van der Waals surface area (Å²) in [6.45, 7) is 5.00. The van der Waals surface area contributed by atoms with Crippen molar-refractivity contribution >= 4 is 39.7 Å². The summed E-state index contributed by atoms with van der Waals surface area (Å²) in [7, 11) is 1.36. The molecule has 7 nitrogen and oxygen atoms in total. The lowest BCUT2D eigenvalue weighted by Gasteiger charge is -2.26. The van der Waals surface area contributed by atoms with Crippen LogP contribution in [0.25, 0.3) is 21.9 Å². The summed E-state index contributed by atoms with van der Waals surface area (Å²) in [5.41, 5.74) is -1.08. The first-order valence-corrected chi connectivity index (χ1v) is 10.0. The second kappa shape index (κ2) is 7.89. The molecule has 0 radical (unpaired) electrons. The molecule has 0 aliphatic carbocycles. The van der Waals surface area contributed by atoms with Gasteiger partial charge in [-0.15, -0.1) is 0 Å². The average molecular weight is 481 g/mol. The van der Waals surface area contributed by atoms with Crippen molar-refractivity contribution in [2.45, 2.75) is 32.5 Å². The van der Waals surface area contributed by atoms with Gasteiger partial charge >= 0.3 is 12.3 Å². The highest BCUT2D eigenvalue weighted by Gasteiger charge is 2.32. The molecule has 4 rings (SSSR count). The van der Waals surface area contributed by atoms with Gasteiger partial charge in [-0.05, 0) is 45.0 Å². The molecule has 0 fully saturated rings. The highest BCUT2D eigenvalue weighted by molar-refractivity contribution is 5.95. The summed E-state index contributed by atoms with van der Waals surface area (Å²) >= 11 is 0. The van der Waals surface area contributed by atoms with E-state index >= 15 is 0 Å². The number of anilines is 2. The van der Waals surface area contributed by atoms with Crippen LogP contribution >= 0.6 is 0 Å². The summed E-state index contributed by atoms with van der Waals surface area (Å²) in [5, 5.41) is 4.21. The van der Waals surface area contributed by atoms with Gasteiger partial charge in [0.25, 0.3) is 0 Å². The molecule has 0 aliphatic heterocycles. The molecule has 0 bridgehead atoms. The van der Waals surface area contributed by atoms with Gasteiger partial charge in [0.1, 0.15) is 5.60 Å². The number of halogens is 5. The number of fused-ring (bicyclic) bond motifs is 2. The quantitative estimate of drug-likeness (QED) is 0.349. The van der Waals surface area contributed by atoms with Gasteiger partial charge in [-0.2, -0.15) is 13.2 Å². The third-order valence-corrected chi connectivity index (χ3v) is 4.88. The molecule has 2 N–H and O–H groups in total. The molecule has 0 unspecified atom stereocenters. The van der Waals surface area contributed by atoms with Crippen molar-refractivity contribution in [3.63, 3.8) is 0 Å². The Bertz CT molecular complexity index is 1400. The first-order chi connectivity index (χ1) is 15.7. The number of ether oxygens (including phenoxy) is 1. The normalized spacial score (nSPS) is 12.4. The fraction of sp³-hybridized carbons (Fsp3) is 0.273. The molecule has 0 spiro atoms. The summed E-state index contributed by atoms with van der Waals surface area (Å²) < 4.78 is 73.7.